The number of benzene rings is 1. The number of anilines is 3. The summed E-state index contributed by atoms with van der Waals surface area (Å²) in [5, 5.41) is 13.4. The van der Waals surface area contributed by atoms with Crippen LogP contribution in [0.15, 0.2) is 36.5 Å². The maximum Gasteiger partial charge on any atom is 0.407 e. The van der Waals surface area contributed by atoms with Gasteiger partial charge in [0.05, 0.1) is 36.4 Å². The molecule has 13 nitrogen and oxygen atoms in total. The Morgan fingerprint density at radius 3 is 2.54 bits per heavy atom. The molecule has 6 rings (SSSR count). The van der Waals surface area contributed by atoms with Gasteiger partial charge in [0.1, 0.15) is 24.1 Å². The van der Waals surface area contributed by atoms with Crippen LogP contribution in [0.5, 0.6) is 0 Å². The molecule has 0 saturated carbocycles. The van der Waals surface area contributed by atoms with E-state index >= 15 is 0 Å². The highest BCUT2D eigenvalue weighted by atomic mass is 16.6. The molecule has 1 N–H and O–H groups in total. The van der Waals surface area contributed by atoms with E-state index in [9.17, 15) is 10.1 Å². The molecule has 3 aromatic rings. The summed E-state index contributed by atoms with van der Waals surface area (Å²) < 4.78 is 17.9. The molecule has 4 atom stereocenters. The third-order valence-corrected chi connectivity index (χ3v) is 9.06. The van der Waals surface area contributed by atoms with Gasteiger partial charge in [-0.15, -0.1) is 0 Å². The van der Waals surface area contributed by atoms with E-state index in [2.05, 4.69) is 38.0 Å². The number of aromatic nitrogens is 3. The van der Waals surface area contributed by atoms with Crippen molar-refractivity contribution >= 4 is 34.4 Å². The van der Waals surface area contributed by atoms with Crippen LogP contribution in [-0.4, -0.2) is 122 Å². The number of hydrogen-bond acceptors (Lipinski definition) is 12. The van der Waals surface area contributed by atoms with Gasteiger partial charge in [0.2, 0.25) is 5.95 Å². The minimum absolute atomic E-state index is 0.0557. The summed E-state index contributed by atoms with van der Waals surface area (Å²) >= 11 is 0. The van der Waals surface area contributed by atoms with Crippen LogP contribution < -0.4 is 20.0 Å². The Kier molecular flexibility index (Phi) is 9.87. The van der Waals surface area contributed by atoms with E-state index in [4.69, 9.17) is 24.2 Å². The smallest absolute Gasteiger partial charge is 0.407 e. The number of nitrogens with one attached hydrogen (secondary N) is 1. The number of piperazine rings is 1. The Morgan fingerprint density at radius 1 is 1.04 bits per heavy atom. The molecule has 1 aromatic carbocycles. The Morgan fingerprint density at radius 2 is 1.81 bits per heavy atom. The van der Waals surface area contributed by atoms with Crippen LogP contribution >= 0.6 is 0 Å². The number of methoxy groups -OCH3 is 1. The molecule has 3 aliphatic rings. The van der Waals surface area contributed by atoms with Gasteiger partial charge in [0.15, 0.2) is 0 Å². The lowest BCUT2D eigenvalue weighted by Gasteiger charge is -2.42. The van der Waals surface area contributed by atoms with Gasteiger partial charge in [-0.2, -0.15) is 10.2 Å². The first-order valence-corrected chi connectivity index (χ1v) is 16.8. The zero-order valence-electron chi connectivity index (χ0n) is 28.8. The average Bonchev–Trinajstić information content (AvgIpc) is 3.45. The number of alkyl carbamates (subject to hydrolysis) is 1. The van der Waals surface area contributed by atoms with Gasteiger partial charge >= 0.3 is 6.09 Å². The third-order valence-electron chi connectivity index (χ3n) is 9.06. The minimum Gasteiger partial charge on any atom is -0.441 e. The molecule has 3 saturated heterocycles. The van der Waals surface area contributed by atoms with E-state index in [0.717, 1.165) is 73.9 Å². The number of ether oxygens (including phenoxy) is 3. The molecule has 2 aromatic heterocycles. The number of aryl methyl sites for hydroxylation is 1. The van der Waals surface area contributed by atoms with Gasteiger partial charge in [-0.05, 0) is 58.9 Å². The fourth-order valence-corrected chi connectivity index (χ4v) is 6.87. The number of fused-ring (bicyclic) bond motifs is 1. The van der Waals surface area contributed by atoms with Gasteiger partial charge in [0, 0.05) is 87.5 Å². The Balaban J connectivity index is 1.07. The number of amides is 1. The van der Waals surface area contributed by atoms with E-state index in [1.54, 1.807) is 13.3 Å². The van der Waals surface area contributed by atoms with E-state index in [-0.39, 0.29) is 18.3 Å². The number of rotatable bonds is 7. The van der Waals surface area contributed by atoms with E-state index in [1.807, 2.05) is 62.9 Å². The first-order chi connectivity index (χ1) is 23.0. The molecule has 48 heavy (non-hydrogen) atoms. The van der Waals surface area contributed by atoms with Crippen LogP contribution in [0.3, 0.4) is 0 Å². The van der Waals surface area contributed by atoms with E-state index in [0.29, 0.717) is 24.6 Å². The van der Waals surface area contributed by atoms with Crippen LogP contribution in [-0.2, 0) is 14.2 Å². The molecule has 0 unspecified atom stereocenters. The molecule has 5 heterocycles. The number of nitrogens with zero attached hydrogens (tertiary/aromatic N) is 8. The molecular formula is C35H47N9O4. The Bertz CT molecular complexity index is 1650. The highest BCUT2D eigenvalue weighted by molar-refractivity contribution is 5.95. The number of carbonyl (C=O) groups is 1. The molecular weight excluding hydrogens is 610 g/mol. The summed E-state index contributed by atoms with van der Waals surface area (Å²) in [4.78, 5) is 35.9. The number of nitriles is 1. The zero-order chi connectivity index (χ0) is 34.0. The summed E-state index contributed by atoms with van der Waals surface area (Å²) in [6.45, 7) is 16.7. The molecule has 0 aliphatic carbocycles. The first kappa shape index (κ1) is 33.6. The fraction of sp³-hybridized carbons (Fsp3) is 0.571. The van der Waals surface area contributed by atoms with Crippen molar-refractivity contribution in [3.05, 3.63) is 47.8 Å². The van der Waals surface area contributed by atoms with Gasteiger partial charge in [0.25, 0.3) is 0 Å². The summed E-state index contributed by atoms with van der Waals surface area (Å²) in [6.07, 6.45) is 0.712. The maximum atomic E-state index is 12.5. The van der Waals surface area contributed by atoms with Gasteiger partial charge in [-0.3, -0.25) is 9.88 Å². The molecule has 1 amide bonds. The van der Waals surface area contributed by atoms with Crippen molar-refractivity contribution in [1.82, 2.24) is 25.2 Å². The molecule has 0 bridgehead atoms. The standard InChI is InChI=1S/C35H47N9O4/c1-23-16-31(39-33(38-23)44-21-29(46-6)30(22-44)48-34(45)40-35(3,4)5)42-14-12-41(13-15-42)19-26-20-43(18-24(2)47-26)28-10-9-25(17-36)32-27(28)8-7-11-37-32/h7-11,16,24,26,29-30H,12-15,18-22H2,1-6H3,(H,40,45)/t24-,26+,29+,30-/m1/s1. The highest BCUT2D eigenvalue weighted by Crippen LogP contribution is 2.31. The Labute approximate surface area is 282 Å². The molecule has 13 heteroatoms. The Hall–Kier alpha value is -4.25. The average molecular weight is 658 g/mol. The molecule has 0 radical (unpaired) electrons. The summed E-state index contributed by atoms with van der Waals surface area (Å²) in [6, 6.07) is 12.2. The predicted octanol–water partition coefficient (Wildman–Crippen LogP) is 3.35. The van der Waals surface area contributed by atoms with Gasteiger partial charge in [-0.25, -0.2) is 9.78 Å². The number of hydrogen-bond donors (Lipinski definition) is 1. The number of carbonyl (C=O) groups excluding carboxylic acids is 1. The second kappa shape index (κ2) is 14.1. The van der Waals surface area contributed by atoms with Crippen molar-refractivity contribution in [3.8, 4) is 6.07 Å². The van der Waals surface area contributed by atoms with Crippen molar-refractivity contribution in [2.75, 3.05) is 80.7 Å². The van der Waals surface area contributed by atoms with Crippen molar-refractivity contribution in [2.45, 2.75) is 64.6 Å². The topological polar surface area (TPSA) is 132 Å². The SMILES string of the molecule is CO[C@H]1CN(c2nc(C)cc(N3CCN(C[C@H]4CN(c5ccc(C#N)c6ncccc56)C[C@@H](C)O4)CC3)n2)C[C@H]1OC(=O)NC(C)(C)C. The summed E-state index contributed by atoms with van der Waals surface area (Å²) in [5.74, 6) is 1.52. The maximum absolute atomic E-state index is 12.5. The quantitative estimate of drug-likeness (QED) is 0.400. The van der Waals surface area contributed by atoms with E-state index < -0.39 is 17.7 Å². The minimum atomic E-state index is -0.457. The zero-order valence-corrected chi connectivity index (χ0v) is 28.8. The summed E-state index contributed by atoms with van der Waals surface area (Å²) in [5.41, 5.74) is 2.93. The van der Waals surface area contributed by atoms with Crippen LogP contribution in [0.25, 0.3) is 10.9 Å². The second-order valence-electron chi connectivity index (χ2n) is 14.1. The largest absolute Gasteiger partial charge is 0.441 e. The van der Waals surface area contributed by atoms with Crippen LogP contribution in [0.2, 0.25) is 0 Å². The summed E-state index contributed by atoms with van der Waals surface area (Å²) in [7, 11) is 1.64. The van der Waals surface area contributed by atoms with Crippen molar-refractivity contribution in [2.24, 2.45) is 0 Å². The lowest BCUT2D eigenvalue weighted by Crippen LogP contribution is -2.54. The van der Waals surface area contributed by atoms with Crippen LogP contribution in [0, 0.1) is 18.3 Å². The highest BCUT2D eigenvalue weighted by Gasteiger charge is 2.38. The van der Waals surface area contributed by atoms with Crippen LogP contribution in [0.1, 0.15) is 39.0 Å². The molecule has 256 valence electrons. The lowest BCUT2D eigenvalue weighted by molar-refractivity contribution is -0.0327. The normalized spacial score (nSPS) is 23.7. The van der Waals surface area contributed by atoms with Crippen LogP contribution in [0.4, 0.5) is 22.2 Å². The van der Waals surface area contributed by atoms with Crippen molar-refractivity contribution in [3.63, 3.8) is 0 Å². The first-order valence-electron chi connectivity index (χ1n) is 16.8. The lowest BCUT2D eigenvalue weighted by atomic mass is 10.1. The van der Waals surface area contributed by atoms with Gasteiger partial charge in [-0.1, -0.05) is 0 Å². The molecule has 3 fully saturated rings. The second-order valence-corrected chi connectivity index (χ2v) is 14.1. The van der Waals surface area contributed by atoms with Gasteiger partial charge < -0.3 is 34.2 Å². The number of pyridine rings is 1. The number of morpholine rings is 1. The predicted molar refractivity (Wildman–Crippen MR) is 185 cm³/mol. The fourth-order valence-electron chi connectivity index (χ4n) is 6.87. The third kappa shape index (κ3) is 7.72. The van der Waals surface area contributed by atoms with E-state index in [1.165, 1.54) is 0 Å². The molecule has 0 spiro atoms. The van der Waals surface area contributed by atoms with Crippen molar-refractivity contribution < 1.29 is 19.0 Å². The molecule has 3 aliphatic heterocycles. The van der Waals surface area contributed by atoms with Crippen molar-refractivity contribution in [1.29, 1.82) is 5.26 Å². The monoisotopic (exact) mass is 657 g/mol.